The summed E-state index contributed by atoms with van der Waals surface area (Å²) in [4.78, 5) is 23.1. The number of hydrogen-bond donors (Lipinski definition) is 0. The largest absolute Gasteiger partial charge is 0.284 e. The number of amides is 2. The van der Waals surface area contributed by atoms with Gasteiger partial charge in [-0.05, 0) is 36.7 Å². The van der Waals surface area contributed by atoms with Gasteiger partial charge in [0.2, 0.25) is 0 Å². The Morgan fingerprint density at radius 1 is 0.594 bits per heavy atom. The average Bonchev–Trinajstić information content (AvgIpc) is 3.17. The molecule has 4 unspecified atom stereocenters. The summed E-state index contributed by atoms with van der Waals surface area (Å²) in [7, 11) is 0. The van der Waals surface area contributed by atoms with E-state index in [1.54, 1.807) is 8.61 Å². The standard InChI is InChI=1S/2C11H19Cl2NOS/c2*1-2-3-4-5-6-7-8-14-11(15)9(12)10(13)16-14/h2*9-10H,2-8H2,1H3. The minimum atomic E-state index is -0.549. The van der Waals surface area contributed by atoms with Gasteiger partial charge in [0.1, 0.15) is 20.2 Å². The number of unbranched alkanes of at least 4 members (excludes halogenated alkanes) is 10. The van der Waals surface area contributed by atoms with Crippen LogP contribution in [-0.2, 0) is 9.59 Å². The first kappa shape index (κ1) is 30.8. The van der Waals surface area contributed by atoms with Gasteiger partial charge in [-0.1, -0.05) is 78.1 Å². The molecule has 2 fully saturated rings. The van der Waals surface area contributed by atoms with Gasteiger partial charge in [-0.15, -0.1) is 46.4 Å². The fourth-order valence-corrected chi connectivity index (χ4v) is 6.61. The Labute approximate surface area is 223 Å². The van der Waals surface area contributed by atoms with Crippen LogP contribution in [0.5, 0.6) is 0 Å². The lowest BCUT2D eigenvalue weighted by atomic mass is 10.1. The summed E-state index contributed by atoms with van der Waals surface area (Å²) in [5, 5.41) is -1.10. The Balaban J connectivity index is 0.000000320. The number of hydrogen-bond acceptors (Lipinski definition) is 4. The van der Waals surface area contributed by atoms with Crippen LogP contribution in [0.3, 0.4) is 0 Å². The molecular formula is C22H38Cl4N2O2S2. The third-order valence-electron chi connectivity index (χ3n) is 5.31. The van der Waals surface area contributed by atoms with Gasteiger partial charge in [-0.25, -0.2) is 0 Å². The molecule has 2 amide bonds. The first-order valence-electron chi connectivity index (χ1n) is 11.9. The number of carbonyl (C=O) groups is 2. The van der Waals surface area contributed by atoms with E-state index < -0.39 is 10.8 Å². The zero-order valence-corrected chi connectivity index (χ0v) is 23.9. The molecule has 10 heteroatoms. The summed E-state index contributed by atoms with van der Waals surface area (Å²) >= 11 is 26.2. The second kappa shape index (κ2) is 18.1. The second-order valence-corrected chi connectivity index (χ2v) is 12.9. The summed E-state index contributed by atoms with van der Waals surface area (Å²) in [5.41, 5.74) is 0. The maximum atomic E-state index is 11.6. The normalized spacial score (nSPS) is 25.4. The van der Waals surface area contributed by atoms with E-state index in [0.717, 1.165) is 25.9 Å². The Kier molecular flexibility index (Phi) is 17.5. The monoisotopic (exact) mass is 566 g/mol. The van der Waals surface area contributed by atoms with Gasteiger partial charge in [0.25, 0.3) is 11.8 Å². The lowest BCUT2D eigenvalue weighted by Crippen LogP contribution is -2.25. The predicted octanol–water partition coefficient (Wildman–Crippen LogP) is 8.02. The second-order valence-electron chi connectivity index (χ2n) is 8.13. The van der Waals surface area contributed by atoms with Crippen molar-refractivity contribution in [2.45, 2.75) is 111 Å². The quantitative estimate of drug-likeness (QED) is 0.121. The van der Waals surface area contributed by atoms with Crippen molar-refractivity contribution < 1.29 is 9.59 Å². The van der Waals surface area contributed by atoms with Crippen LogP contribution in [-0.4, -0.2) is 53.7 Å². The lowest BCUT2D eigenvalue weighted by Gasteiger charge is -2.13. The van der Waals surface area contributed by atoms with Gasteiger partial charge in [-0.3, -0.25) is 18.2 Å². The van der Waals surface area contributed by atoms with Crippen molar-refractivity contribution in [3.8, 4) is 0 Å². The molecule has 0 aromatic rings. The van der Waals surface area contributed by atoms with Crippen molar-refractivity contribution >= 4 is 82.1 Å². The molecule has 2 aliphatic rings. The van der Waals surface area contributed by atoms with Crippen LogP contribution in [0.1, 0.15) is 90.9 Å². The van der Waals surface area contributed by atoms with Crippen LogP contribution in [0.25, 0.3) is 0 Å². The highest BCUT2D eigenvalue weighted by molar-refractivity contribution is 8.00. The number of nitrogens with zero attached hydrogens (tertiary/aromatic N) is 2. The van der Waals surface area contributed by atoms with Gasteiger partial charge < -0.3 is 0 Å². The molecular weight excluding hydrogens is 530 g/mol. The number of halogens is 4. The van der Waals surface area contributed by atoms with E-state index in [0.29, 0.717) is 0 Å². The van der Waals surface area contributed by atoms with E-state index in [9.17, 15) is 9.59 Å². The van der Waals surface area contributed by atoms with Crippen molar-refractivity contribution in [2.24, 2.45) is 0 Å². The molecule has 0 spiro atoms. The number of carbonyl (C=O) groups excluding carboxylic acids is 2. The number of alkyl halides is 4. The SMILES string of the molecule is CCCCCCCCN1SC(Cl)C(Cl)C1=O.CCCCCCCCN1SC(Cl)C(Cl)C1=O. The summed E-state index contributed by atoms with van der Waals surface area (Å²) in [6.07, 6.45) is 14.7. The van der Waals surface area contributed by atoms with Crippen molar-refractivity contribution in [3.05, 3.63) is 0 Å². The zero-order chi connectivity index (χ0) is 23.9. The van der Waals surface area contributed by atoms with E-state index in [-0.39, 0.29) is 21.2 Å². The fraction of sp³-hybridized carbons (Fsp3) is 0.909. The van der Waals surface area contributed by atoms with Crippen LogP contribution in [0, 0.1) is 0 Å². The first-order valence-corrected chi connectivity index (χ1v) is 15.3. The Hall–Kier alpha value is 0.800. The molecule has 2 saturated heterocycles. The molecule has 0 aliphatic carbocycles. The summed E-state index contributed by atoms with van der Waals surface area (Å²) < 4.78 is 2.84. The van der Waals surface area contributed by atoms with E-state index in [4.69, 9.17) is 46.4 Å². The average molecular weight is 569 g/mol. The first-order chi connectivity index (χ1) is 15.3. The summed E-state index contributed by atoms with van der Waals surface area (Å²) in [6.45, 7) is 5.98. The van der Waals surface area contributed by atoms with Crippen LogP contribution in [0.2, 0.25) is 0 Å². The molecule has 2 rings (SSSR count). The molecule has 0 saturated carbocycles. The molecule has 2 heterocycles. The predicted molar refractivity (Wildman–Crippen MR) is 144 cm³/mol. The van der Waals surface area contributed by atoms with E-state index in [1.807, 2.05) is 0 Å². The van der Waals surface area contributed by atoms with Crippen LogP contribution in [0.15, 0.2) is 0 Å². The summed E-state index contributed by atoms with van der Waals surface area (Å²) in [6, 6.07) is 0. The van der Waals surface area contributed by atoms with E-state index in [2.05, 4.69) is 13.8 Å². The van der Waals surface area contributed by atoms with Gasteiger partial charge in [-0.2, -0.15) is 0 Å². The van der Waals surface area contributed by atoms with E-state index in [1.165, 1.54) is 88.1 Å². The molecule has 2 aliphatic heterocycles. The maximum Gasteiger partial charge on any atom is 0.252 e. The van der Waals surface area contributed by atoms with Crippen molar-refractivity contribution in [1.29, 1.82) is 0 Å². The summed E-state index contributed by atoms with van der Waals surface area (Å²) in [5.74, 6) is -0.0551. The van der Waals surface area contributed by atoms with Gasteiger partial charge >= 0.3 is 0 Å². The maximum absolute atomic E-state index is 11.6. The molecule has 0 N–H and O–H groups in total. The zero-order valence-electron chi connectivity index (χ0n) is 19.2. The highest BCUT2D eigenvalue weighted by atomic mass is 35.5. The molecule has 0 aromatic carbocycles. The van der Waals surface area contributed by atoms with Crippen molar-refractivity contribution in [3.63, 3.8) is 0 Å². The van der Waals surface area contributed by atoms with Gasteiger partial charge in [0, 0.05) is 13.1 Å². The lowest BCUT2D eigenvalue weighted by molar-refractivity contribution is -0.125. The topological polar surface area (TPSA) is 40.6 Å². The van der Waals surface area contributed by atoms with Crippen LogP contribution in [0.4, 0.5) is 0 Å². The van der Waals surface area contributed by atoms with Crippen LogP contribution < -0.4 is 0 Å². The minimum Gasteiger partial charge on any atom is -0.284 e. The van der Waals surface area contributed by atoms with Crippen molar-refractivity contribution in [1.82, 2.24) is 8.61 Å². The van der Waals surface area contributed by atoms with Gasteiger partial charge in [0.15, 0.2) is 0 Å². The molecule has 188 valence electrons. The molecule has 4 nitrogen and oxygen atoms in total. The third kappa shape index (κ3) is 11.5. The van der Waals surface area contributed by atoms with E-state index >= 15 is 0 Å². The highest BCUT2D eigenvalue weighted by Gasteiger charge is 2.39. The smallest absolute Gasteiger partial charge is 0.252 e. The molecule has 0 bridgehead atoms. The molecule has 32 heavy (non-hydrogen) atoms. The third-order valence-corrected chi connectivity index (χ3v) is 9.91. The molecule has 0 aromatic heterocycles. The van der Waals surface area contributed by atoms with Crippen LogP contribution >= 0.6 is 70.3 Å². The van der Waals surface area contributed by atoms with Crippen molar-refractivity contribution in [2.75, 3.05) is 13.1 Å². The Bertz CT molecular complexity index is 502. The molecule has 0 radical (unpaired) electrons. The fourth-order valence-electron chi connectivity index (χ4n) is 3.35. The van der Waals surface area contributed by atoms with Gasteiger partial charge in [0.05, 0.1) is 0 Å². The Morgan fingerprint density at radius 3 is 1.19 bits per heavy atom. The molecule has 4 atom stereocenters. The number of rotatable bonds is 14. The Morgan fingerprint density at radius 2 is 0.906 bits per heavy atom. The highest BCUT2D eigenvalue weighted by Crippen LogP contribution is 2.36. The minimum absolute atomic E-state index is 0.0276.